The smallest absolute Gasteiger partial charge is 0.224 e. The van der Waals surface area contributed by atoms with Gasteiger partial charge in [0.05, 0.1) is 5.92 Å². The van der Waals surface area contributed by atoms with Crippen molar-refractivity contribution in [1.29, 1.82) is 0 Å². The summed E-state index contributed by atoms with van der Waals surface area (Å²) in [6.07, 6.45) is 3.81. The fourth-order valence-corrected chi connectivity index (χ4v) is 2.17. The number of benzene rings is 1. The Morgan fingerprint density at radius 3 is 2.53 bits per heavy atom. The molecule has 0 fully saturated rings. The minimum atomic E-state index is -0.0378. The lowest BCUT2D eigenvalue weighted by Crippen LogP contribution is -2.40. The van der Waals surface area contributed by atoms with Crippen molar-refractivity contribution < 1.29 is 4.79 Å². The van der Waals surface area contributed by atoms with E-state index in [1.807, 2.05) is 18.2 Å². The van der Waals surface area contributed by atoms with Crippen LogP contribution in [0.15, 0.2) is 30.3 Å². The molecule has 2 atom stereocenters. The van der Waals surface area contributed by atoms with E-state index < -0.39 is 0 Å². The third-order valence-electron chi connectivity index (χ3n) is 3.39. The van der Waals surface area contributed by atoms with E-state index in [0.29, 0.717) is 6.54 Å². The van der Waals surface area contributed by atoms with Gasteiger partial charge < -0.3 is 11.1 Å². The number of nitrogens with two attached hydrogens (primary N) is 1. The van der Waals surface area contributed by atoms with Gasteiger partial charge in [0, 0.05) is 12.6 Å². The first-order valence-corrected chi connectivity index (χ1v) is 7.21. The topological polar surface area (TPSA) is 55.1 Å². The molecule has 0 spiro atoms. The maximum atomic E-state index is 12.0. The number of aryl methyl sites for hydroxylation is 1. The summed E-state index contributed by atoms with van der Waals surface area (Å²) in [4.78, 5) is 12.0. The summed E-state index contributed by atoms with van der Waals surface area (Å²) in [5.41, 5.74) is 6.95. The third-order valence-corrected chi connectivity index (χ3v) is 3.39. The highest BCUT2D eigenvalue weighted by atomic mass is 16.1. The van der Waals surface area contributed by atoms with Crippen molar-refractivity contribution >= 4 is 5.91 Å². The summed E-state index contributed by atoms with van der Waals surface area (Å²) >= 11 is 0. The van der Waals surface area contributed by atoms with Gasteiger partial charge in [-0.25, -0.2) is 0 Å². The molecule has 1 amide bonds. The average molecular weight is 262 g/mol. The Hall–Kier alpha value is -1.35. The fraction of sp³-hybridized carbons (Fsp3) is 0.562. The molecule has 1 rings (SSSR count). The number of hydrogen-bond donors (Lipinski definition) is 2. The molecule has 19 heavy (non-hydrogen) atoms. The number of carbonyl (C=O) groups excluding carboxylic acids is 1. The largest absolute Gasteiger partial charge is 0.353 e. The Morgan fingerprint density at radius 2 is 1.95 bits per heavy atom. The van der Waals surface area contributed by atoms with Gasteiger partial charge in [0.15, 0.2) is 0 Å². The zero-order valence-electron chi connectivity index (χ0n) is 12.1. The van der Waals surface area contributed by atoms with Crippen LogP contribution >= 0.6 is 0 Å². The Bertz CT molecular complexity index is 364. The lowest BCUT2D eigenvalue weighted by molar-refractivity contribution is -0.125. The number of rotatable bonds is 8. The second-order valence-corrected chi connectivity index (χ2v) is 5.16. The van der Waals surface area contributed by atoms with E-state index in [1.54, 1.807) is 0 Å². The summed E-state index contributed by atoms with van der Waals surface area (Å²) in [6, 6.07) is 10.5. The molecular weight excluding hydrogens is 236 g/mol. The van der Waals surface area contributed by atoms with E-state index in [-0.39, 0.29) is 17.9 Å². The monoisotopic (exact) mass is 262 g/mol. The van der Waals surface area contributed by atoms with Crippen molar-refractivity contribution in [3.05, 3.63) is 35.9 Å². The predicted octanol–water partition coefficient (Wildman–Crippen LogP) is 2.50. The maximum Gasteiger partial charge on any atom is 0.224 e. The zero-order valence-corrected chi connectivity index (χ0v) is 12.1. The maximum absolute atomic E-state index is 12.0. The Morgan fingerprint density at radius 1 is 1.26 bits per heavy atom. The second kappa shape index (κ2) is 8.70. The summed E-state index contributed by atoms with van der Waals surface area (Å²) in [5.74, 6) is 0.0640. The van der Waals surface area contributed by atoms with Crippen molar-refractivity contribution in [2.24, 2.45) is 11.7 Å². The van der Waals surface area contributed by atoms with Crippen LogP contribution in [-0.2, 0) is 11.2 Å². The van der Waals surface area contributed by atoms with Crippen LogP contribution < -0.4 is 11.1 Å². The predicted molar refractivity (Wildman–Crippen MR) is 79.8 cm³/mol. The molecule has 3 N–H and O–H groups in total. The van der Waals surface area contributed by atoms with Crippen LogP contribution in [0, 0.1) is 5.92 Å². The van der Waals surface area contributed by atoms with E-state index in [0.717, 1.165) is 25.7 Å². The van der Waals surface area contributed by atoms with Crippen molar-refractivity contribution in [3.63, 3.8) is 0 Å². The first-order chi connectivity index (χ1) is 9.17. The molecule has 3 heteroatoms. The van der Waals surface area contributed by atoms with E-state index in [9.17, 15) is 4.79 Å². The number of amides is 1. The van der Waals surface area contributed by atoms with Gasteiger partial charge in [0.25, 0.3) is 0 Å². The van der Waals surface area contributed by atoms with E-state index in [4.69, 9.17) is 5.73 Å². The highest BCUT2D eigenvalue weighted by molar-refractivity contribution is 5.79. The minimum absolute atomic E-state index is 0.0378. The average Bonchev–Trinajstić information content (AvgIpc) is 2.43. The number of nitrogens with one attached hydrogen (secondary N) is 1. The first-order valence-electron chi connectivity index (χ1n) is 7.21. The Balaban J connectivity index is 2.34. The molecule has 0 radical (unpaired) electrons. The van der Waals surface area contributed by atoms with Gasteiger partial charge in [-0.3, -0.25) is 4.79 Å². The summed E-state index contributed by atoms with van der Waals surface area (Å²) in [5, 5.41) is 3.07. The highest BCUT2D eigenvalue weighted by Gasteiger charge is 2.17. The molecule has 0 bridgehead atoms. The van der Waals surface area contributed by atoms with Crippen LogP contribution in [-0.4, -0.2) is 18.5 Å². The van der Waals surface area contributed by atoms with Crippen molar-refractivity contribution in [3.8, 4) is 0 Å². The van der Waals surface area contributed by atoms with Gasteiger partial charge in [0.1, 0.15) is 0 Å². The van der Waals surface area contributed by atoms with Gasteiger partial charge in [-0.15, -0.1) is 0 Å². The third kappa shape index (κ3) is 5.88. The zero-order chi connectivity index (χ0) is 14.1. The van der Waals surface area contributed by atoms with Crippen molar-refractivity contribution in [2.45, 2.75) is 45.6 Å². The lowest BCUT2D eigenvalue weighted by atomic mass is 10.0. The van der Waals surface area contributed by atoms with Gasteiger partial charge in [-0.2, -0.15) is 0 Å². The standard InChI is InChI=1S/C16H26N2O/c1-3-7-15(12-17)16(19)18-13(2)10-11-14-8-5-4-6-9-14/h4-6,8-9,13,15H,3,7,10-12,17H2,1-2H3,(H,18,19). The van der Waals surface area contributed by atoms with Gasteiger partial charge >= 0.3 is 0 Å². The highest BCUT2D eigenvalue weighted by Crippen LogP contribution is 2.08. The molecule has 3 nitrogen and oxygen atoms in total. The molecule has 0 saturated carbocycles. The Labute approximate surface area is 116 Å². The molecule has 0 aliphatic rings. The molecule has 1 aromatic rings. The van der Waals surface area contributed by atoms with Gasteiger partial charge in [0.2, 0.25) is 5.91 Å². The van der Waals surface area contributed by atoms with Crippen LogP contribution in [0.25, 0.3) is 0 Å². The molecule has 106 valence electrons. The molecule has 1 aromatic carbocycles. The van der Waals surface area contributed by atoms with E-state index >= 15 is 0 Å². The van der Waals surface area contributed by atoms with Crippen LogP contribution in [0.1, 0.15) is 38.7 Å². The summed E-state index contributed by atoms with van der Waals surface area (Å²) in [6.45, 7) is 4.57. The van der Waals surface area contributed by atoms with Crippen molar-refractivity contribution in [2.75, 3.05) is 6.54 Å². The molecule has 0 aromatic heterocycles. The molecule has 0 aliphatic carbocycles. The molecule has 0 saturated heterocycles. The Kier molecular flexibility index (Phi) is 7.19. The van der Waals surface area contributed by atoms with Crippen LogP contribution in [0.3, 0.4) is 0 Å². The second-order valence-electron chi connectivity index (χ2n) is 5.16. The molecular formula is C16H26N2O. The minimum Gasteiger partial charge on any atom is -0.353 e. The molecule has 2 unspecified atom stereocenters. The van der Waals surface area contributed by atoms with Gasteiger partial charge in [-0.1, -0.05) is 43.7 Å². The van der Waals surface area contributed by atoms with Gasteiger partial charge in [-0.05, 0) is 31.7 Å². The van der Waals surface area contributed by atoms with E-state index in [2.05, 4.69) is 31.3 Å². The lowest BCUT2D eigenvalue weighted by Gasteiger charge is -2.18. The first kappa shape index (κ1) is 15.7. The molecule has 0 heterocycles. The summed E-state index contributed by atoms with van der Waals surface area (Å²) < 4.78 is 0. The quantitative estimate of drug-likeness (QED) is 0.756. The fourth-order valence-electron chi connectivity index (χ4n) is 2.17. The van der Waals surface area contributed by atoms with E-state index in [1.165, 1.54) is 5.56 Å². The molecule has 0 aliphatic heterocycles. The van der Waals surface area contributed by atoms with Crippen molar-refractivity contribution in [1.82, 2.24) is 5.32 Å². The van der Waals surface area contributed by atoms with Crippen LogP contribution in [0.4, 0.5) is 0 Å². The number of hydrogen-bond acceptors (Lipinski definition) is 2. The normalized spacial score (nSPS) is 13.8. The summed E-state index contributed by atoms with van der Waals surface area (Å²) in [7, 11) is 0. The van der Waals surface area contributed by atoms with Crippen LogP contribution in [0.2, 0.25) is 0 Å². The SMILES string of the molecule is CCCC(CN)C(=O)NC(C)CCc1ccccc1. The van der Waals surface area contributed by atoms with Crippen LogP contribution in [0.5, 0.6) is 0 Å². The number of carbonyl (C=O) groups is 1.